The molecule has 194 valence electrons. The van der Waals surface area contributed by atoms with Crippen molar-refractivity contribution in [2.75, 3.05) is 46.6 Å². The number of methoxy groups -OCH3 is 1. The Morgan fingerprint density at radius 3 is 1.50 bits per heavy atom. The van der Waals surface area contributed by atoms with Crippen LogP contribution in [0.15, 0.2) is 72.8 Å². The van der Waals surface area contributed by atoms with Gasteiger partial charge in [-0.1, -0.05) is 36.4 Å². The minimum atomic E-state index is 0.287. The minimum absolute atomic E-state index is 0.287. The third kappa shape index (κ3) is 8.38. The summed E-state index contributed by atoms with van der Waals surface area (Å²) >= 11 is 0. The molecule has 0 aliphatic rings. The van der Waals surface area contributed by atoms with E-state index < -0.39 is 0 Å². The Morgan fingerprint density at radius 1 is 0.639 bits per heavy atom. The third-order valence-electron chi connectivity index (χ3n) is 5.88. The summed E-state index contributed by atoms with van der Waals surface area (Å²) in [5.41, 5.74) is 1.26. The highest BCUT2D eigenvalue weighted by Crippen LogP contribution is 2.27. The summed E-state index contributed by atoms with van der Waals surface area (Å²) in [6.45, 7) is 10.0. The zero-order valence-electron chi connectivity index (χ0n) is 21.9. The van der Waals surface area contributed by atoms with Gasteiger partial charge in [0.1, 0.15) is 19.0 Å². The zero-order valence-corrected chi connectivity index (χ0v) is 21.9. The number of rotatable bonds is 16. The van der Waals surface area contributed by atoms with Gasteiger partial charge in [0.05, 0.1) is 20.3 Å². The van der Waals surface area contributed by atoms with Crippen LogP contribution in [0.4, 0.5) is 0 Å². The molecule has 0 aliphatic carbocycles. The molecule has 3 aromatic carbocycles. The maximum Gasteiger partial charge on any atom is 0.161 e. The fourth-order valence-corrected chi connectivity index (χ4v) is 4.02. The maximum absolute atomic E-state index is 6.12. The Kier molecular flexibility index (Phi) is 11.3. The molecule has 0 amide bonds. The van der Waals surface area contributed by atoms with Gasteiger partial charge in [0, 0.05) is 19.1 Å². The molecule has 0 fully saturated rings. The standard InChI is InChI=1S/C30H39NO5/c1-5-33-27-11-7-9-13-29(27)35-21-19-31(24(3)23-25-15-17-26(32-4)18-16-25)20-22-36-30-14-10-8-12-28(30)34-6-2/h7-18,24H,5-6,19-23H2,1-4H3/t24-/m1/s1. The molecule has 0 N–H and O–H groups in total. The molecule has 6 nitrogen and oxygen atoms in total. The SMILES string of the molecule is CCOc1ccccc1OCCN(CCOc1ccccc1OCC)[C@H](C)Cc1ccc(OC)cc1. The summed E-state index contributed by atoms with van der Waals surface area (Å²) < 4.78 is 29.0. The highest BCUT2D eigenvalue weighted by molar-refractivity contribution is 5.40. The maximum atomic E-state index is 6.12. The van der Waals surface area contributed by atoms with Gasteiger partial charge >= 0.3 is 0 Å². The van der Waals surface area contributed by atoms with Gasteiger partial charge in [-0.05, 0) is 69.2 Å². The van der Waals surface area contributed by atoms with Gasteiger partial charge in [0.25, 0.3) is 0 Å². The average molecular weight is 494 g/mol. The molecule has 6 heteroatoms. The van der Waals surface area contributed by atoms with E-state index in [2.05, 4.69) is 24.0 Å². The Labute approximate surface area is 215 Å². The first-order valence-electron chi connectivity index (χ1n) is 12.7. The van der Waals surface area contributed by atoms with E-state index in [1.807, 2.05) is 74.5 Å². The zero-order chi connectivity index (χ0) is 25.6. The molecule has 0 heterocycles. The third-order valence-corrected chi connectivity index (χ3v) is 5.88. The van der Waals surface area contributed by atoms with E-state index in [0.717, 1.165) is 48.3 Å². The van der Waals surface area contributed by atoms with Crippen molar-refractivity contribution in [1.82, 2.24) is 4.90 Å². The second-order valence-corrected chi connectivity index (χ2v) is 8.39. The van der Waals surface area contributed by atoms with Crippen LogP contribution in [0.3, 0.4) is 0 Å². The van der Waals surface area contributed by atoms with Gasteiger partial charge in [-0.3, -0.25) is 4.90 Å². The van der Waals surface area contributed by atoms with Crippen LogP contribution in [0.1, 0.15) is 26.3 Å². The van der Waals surface area contributed by atoms with Crippen molar-refractivity contribution in [1.29, 1.82) is 0 Å². The molecule has 36 heavy (non-hydrogen) atoms. The normalized spacial score (nSPS) is 11.7. The lowest BCUT2D eigenvalue weighted by Gasteiger charge is -2.29. The smallest absolute Gasteiger partial charge is 0.161 e. The van der Waals surface area contributed by atoms with Crippen LogP contribution >= 0.6 is 0 Å². The van der Waals surface area contributed by atoms with E-state index in [4.69, 9.17) is 23.7 Å². The molecule has 0 radical (unpaired) electrons. The predicted molar refractivity (Wildman–Crippen MR) is 144 cm³/mol. The van der Waals surface area contributed by atoms with Crippen LogP contribution in [0.25, 0.3) is 0 Å². The first-order chi connectivity index (χ1) is 17.6. The van der Waals surface area contributed by atoms with Crippen molar-refractivity contribution < 1.29 is 23.7 Å². The lowest BCUT2D eigenvalue weighted by atomic mass is 10.1. The van der Waals surface area contributed by atoms with E-state index in [9.17, 15) is 0 Å². The van der Waals surface area contributed by atoms with E-state index in [1.165, 1.54) is 5.56 Å². The lowest BCUT2D eigenvalue weighted by Crippen LogP contribution is -2.40. The molecule has 0 saturated carbocycles. The monoisotopic (exact) mass is 493 g/mol. The van der Waals surface area contributed by atoms with E-state index in [0.29, 0.717) is 26.4 Å². The number of hydrogen-bond donors (Lipinski definition) is 0. The van der Waals surface area contributed by atoms with Crippen molar-refractivity contribution >= 4 is 0 Å². The first-order valence-corrected chi connectivity index (χ1v) is 12.7. The molecule has 0 unspecified atom stereocenters. The Morgan fingerprint density at radius 2 is 1.08 bits per heavy atom. The van der Waals surface area contributed by atoms with Crippen molar-refractivity contribution in [3.8, 4) is 28.7 Å². The molecule has 0 saturated heterocycles. The Bertz CT molecular complexity index is 968. The van der Waals surface area contributed by atoms with Gasteiger partial charge in [0.2, 0.25) is 0 Å². The molecule has 0 spiro atoms. The minimum Gasteiger partial charge on any atom is -0.497 e. The summed E-state index contributed by atoms with van der Waals surface area (Å²) in [6, 6.07) is 24.2. The Balaban J connectivity index is 1.63. The number of nitrogens with zero attached hydrogens (tertiary/aromatic N) is 1. The molecule has 3 aromatic rings. The second-order valence-electron chi connectivity index (χ2n) is 8.39. The number of benzene rings is 3. The summed E-state index contributed by atoms with van der Waals surface area (Å²) in [6.07, 6.45) is 0.912. The van der Waals surface area contributed by atoms with Crippen molar-refractivity contribution in [2.24, 2.45) is 0 Å². The summed E-state index contributed by atoms with van der Waals surface area (Å²) in [4.78, 5) is 2.40. The molecular weight excluding hydrogens is 454 g/mol. The molecule has 1 atom stereocenters. The molecular formula is C30H39NO5. The topological polar surface area (TPSA) is 49.4 Å². The first kappa shape index (κ1) is 27.2. The van der Waals surface area contributed by atoms with Crippen LogP contribution < -0.4 is 23.7 Å². The summed E-state index contributed by atoms with van der Waals surface area (Å²) in [7, 11) is 1.69. The quantitative estimate of drug-likeness (QED) is 0.248. The van der Waals surface area contributed by atoms with Crippen molar-refractivity contribution in [2.45, 2.75) is 33.2 Å². The van der Waals surface area contributed by atoms with E-state index in [1.54, 1.807) is 7.11 Å². The fourth-order valence-electron chi connectivity index (χ4n) is 4.02. The van der Waals surface area contributed by atoms with Crippen LogP contribution in [0, 0.1) is 0 Å². The highest BCUT2D eigenvalue weighted by Gasteiger charge is 2.16. The van der Waals surface area contributed by atoms with Gasteiger partial charge in [-0.25, -0.2) is 0 Å². The Hall–Kier alpha value is -3.38. The average Bonchev–Trinajstić information content (AvgIpc) is 2.90. The molecule has 0 aliphatic heterocycles. The van der Waals surface area contributed by atoms with Crippen LogP contribution in [0.2, 0.25) is 0 Å². The number of ether oxygens (including phenoxy) is 5. The van der Waals surface area contributed by atoms with Crippen LogP contribution in [-0.2, 0) is 6.42 Å². The molecule has 3 rings (SSSR count). The van der Waals surface area contributed by atoms with Gasteiger partial charge in [0.15, 0.2) is 23.0 Å². The van der Waals surface area contributed by atoms with Gasteiger partial charge < -0.3 is 23.7 Å². The van der Waals surface area contributed by atoms with Crippen LogP contribution in [-0.4, -0.2) is 57.6 Å². The lowest BCUT2D eigenvalue weighted by molar-refractivity contribution is 0.137. The van der Waals surface area contributed by atoms with Crippen molar-refractivity contribution in [3.63, 3.8) is 0 Å². The van der Waals surface area contributed by atoms with Crippen LogP contribution in [0.5, 0.6) is 28.7 Å². The van der Waals surface area contributed by atoms with E-state index in [-0.39, 0.29) is 6.04 Å². The molecule has 0 aromatic heterocycles. The van der Waals surface area contributed by atoms with Gasteiger partial charge in [-0.2, -0.15) is 0 Å². The predicted octanol–water partition coefficient (Wildman–Crippen LogP) is 5.88. The number of para-hydroxylation sites is 4. The van der Waals surface area contributed by atoms with Gasteiger partial charge in [-0.15, -0.1) is 0 Å². The molecule has 0 bridgehead atoms. The summed E-state index contributed by atoms with van der Waals surface area (Å²) in [5, 5.41) is 0. The largest absolute Gasteiger partial charge is 0.497 e. The highest BCUT2D eigenvalue weighted by atomic mass is 16.5. The fraction of sp³-hybridized carbons (Fsp3) is 0.400. The summed E-state index contributed by atoms with van der Waals surface area (Å²) in [5.74, 6) is 3.95. The second kappa shape index (κ2) is 14.9. The number of hydrogen-bond acceptors (Lipinski definition) is 6. The van der Waals surface area contributed by atoms with Crippen molar-refractivity contribution in [3.05, 3.63) is 78.4 Å². The van der Waals surface area contributed by atoms with E-state index >= 15 is 0 Å².